The predicted molar refractivity (Wildman–Crippen MR) is 59.2 cm³/mol. The van der Waals surface area contributed by atoms with Crippen LogP contribution in [0.25, 0.3) is 0 Å². The van der Waals surface area contributed by atoms with Crippen molar-refractivity contribution < 1.29 is 4.79 Å². The molecule has 74 valence electrons. The van der Waals surface area contributed by atoms with E-state index in [2.05, 4.69) is 36.4 Å². The molecule has 0 atom stereocenters. The van der Waals surface area contributed by atoms with Gasteiger partial charge in [-0.15, -0.1) is 0 Å². The highest BCUT2D eigenvalue weighted by Gasteiger charge is 1.87. The number of rotatable bonds is 6. The topological polar surface area (TPSA) is 17.1 Å². The van der Waals surface area contributed by atoms with Crippen LogP contribution in [0.2, 0.25) is 0 Å². The third kappa shape index (κ3) is 4.61. The number of hydrogen-bond acceptors (Lipinski definition) is 1. The van der Waals surface area contributed by atoms with Crippen LogP contribution in [-0.2, 0) is 11.2 Å². The molecule has 0 bridgehead atoms. The van der Waals surface area contributed by atoms with E-state index in [1.807, 2.05) is 6.07 Å². The molecular weight excluding hydrogens is 172 g/mol. The molecule has 1 aromatic carbocycles. The first-order valence-corrected chi connectivity index (χ1v) is 5.06. The van der Waals surface area contributed by atoms with E-state index < -0.39 is 0 Å². The van der Waals surface area contributed by atoms with E-state index in [-0.39, 0.29) is 0 Å². The molecule has 0 unspecified atom stereocenters. The van der Waals surface area contributed by atoms with Crippen molar-refractivity contribution in [3.63, 3.8) is 0 Å². The van der Waals surface area contributed by atoms with Crippen molar-refractivity contribution in [2.24, 2.45) is 0 Å². The number of aryl methyl sites for hydroxylation is 1. The van der Waals surface area contributed by atoms with Gasteiger partial charge in [0.1, 0.15) is 6.29 Å². The summed E-state index contributed by atoms with van der Waals surface area (Å²) in [4.78, 5) is 10.0. The lowest BCUT2D eigenvalue weighted by molar-refractivity contribution is -0.107. The van der Waals surface area contributed by atoms with Crippen molar-refractivity contribution in [3.8, 4) is 0 Å². The Morgan fingerprint density at radius 3 is 2.36 bits per heavy atom. The largest absolute Gasteiger partial charge is 0.303 e. The molecule has 1 heteroatoms. The van der Waals surface area contributed by atoms with Crippen LogP contribution in [0.1, 0.15) is 24.8 Å². The molecule has 0 aromatic heterocycles. The van der Waals surface area contributed by atoms with Gasteiger partial charge in [0.2, 0.25) is 0 Å². The average Bonchev–Trinajstić information content (AvgIpc) is 2.25. The zero-order chi connectivity index (χ0) is 10.1. The molecule has 0 amide bonds. The van der Waals surface area contributed by atoms with Crippen molar-refractivity contribution in [2.45, 2.75) is 25.7 Å². The third-order valence-corrected chi connectivity index (χ3v) is 2.06. The molecule has 1 nitrogen and oxygen atoms in total. The molecule has 0 spiro atoms. The van der Waals surface area contributed by atoms with Crippen molar-refractivity contribution in [1.82, 2.24) is 0 Å². The molecule has 14 heavy (non-hydrogen) atoms. The van der Waals surface area contributed by atoms with Crippen LogP contribution in [0.15, 0.2) is 42.5 Å². The Kier molecular flexibility index (Phi) is 5.41. The number of hydrogen-bond donors (Lipinski definition) is 0. The third-order valence-electron chi connectivity index (χ3n) is 2.06. The molecule has 0 radical (unpaired) electrons. The van der Waals surface area contributed by atoms with Gasteiger partial charge in [-0.1, -0.05) is 42.5 Å². The highest BCUT2D eigenvalue weighted by molar-refractivity contribution is 5.49. The molecule has 0 saturated carbocycles. The van der Waals surface area contributed by atoms with Gasteiger partial charge in [0, 0.05) is 6.42 Å². The normalized spacial score (nSPS) is 10.6. The molecule has 0 saturated heterocycles. The van der Waals surface area contributed by atoms with Crippen LogP contribution >= 0.6 is 0 Å². The minimum Gasteiger partial charge on any atom is -0.303 e. The highest BCUT2D eigenvalue weighted by Crippen LogP contribution is 2.03. The Hall–Kier alpha value is -1.37. The van der Waals surface area contributed by atoms with Gasteiger partial charge in [0.25, 0.3) is 0 Å². The maximum absolute atomic E-state index is 10.0. The summed E-state index contributed by atoms with van der Waals surface area (Å²) < 4.78 is 0. The van der Waals surface area contributed by atoms with E-state index in [0.29, 0.717) is 6.42 Å². The summed E-state index contributed by atoms with van der Waals surface area (Å²) in [5.74, 6) is 0. The van der Waals surface area contributed by atoms with Gasteiger partial charge in [-0.3, -0.25) is 0 Å². The fraction of sp³-hybridized carbons (Fsp3) is 0.308. The van der Waals surface area contributed by atoms with Crippen LogP contribution in [-0.4, -0.2) is 6.29 Å². The van der Waals surface area contributed by atoms with Crippen molar-refractivity contribution in [1.29, 1.82) is 0 Å². The molecule has 0 N–H and O–H groups in total. The Labute approximate surface area is 85.5 Å². The Balaban J connectivity index is 2.15. The number of allylic oxidation sites excluding steroid dienone is 2. The number of carbonyl (C=O) groups is 1. The highest BCUT2D eigenvalue weighted by atomic mass is 16.1. The second kappa shape index (κ2) is 7.07. The molecule has 0 aliphatic carbocycles. The van der Waals surface area contributed by atoms with E-state index in [9.17, 15) is 4.79 Å². The fourth-order valence-electron chi connectivity index (χ4n) is 1.29. The summed E-state index contributed by atoms with van der Waals surface area (Å²) in [7, 11) is 0. The van der Waals surface area contributed by atoms with Gasteiger partial charge in [-0.2, -0.15) is 0 Å². The molecular formula is C13H16O. The van der Waals surface area contributed by atoms with Crippen LogP contribution in [0.3, 0.4) is 0 Å². The van der Waals surface area contributed by atoms with Gasteiger partial charge in [0.05, 0.1) is 0 Å². The molecule has 1 aromatic rings. The van der Waals surface area contributed by atoms with Gasteiger partial charge < -0.3 is 4.79 Å². The van der Waals surface area contributed by atoms with E-state index >= 15 is 0 Å². The summed E-state index contributed by atoms with van der Waals surface area (Å²) in [5.41, 5.74) is 1.37. The number of benzene rings is 1. The summed E-state index contributed by atoms with van der Waals surface area (Å²) in [5, 5.41) is 0. The first-order valence-electron chi connectivity index (χ1n) is 5.06. The smallest absolute Gasteiger partial charge is 0.120 e. The second-order valence-corrected chi connectivity index (χ2v) is 3.24. The van der Waals surface area contributed by atoms with Crippen LogP contribution in [0, 0.1) is 0 Å². The molecule has 0 aliphatic heterocycles. The van der Waals surface area contributed by atoms with Crippen LogP contribution < -0.4 is 0 Å². The average molecular weight is 188 g/mol. The lowest BCUT2D eigenvalue weighted by atomic mass is 10.1. The molecule has 0 heterocycles. The maximum Gasteiger partial charge on any atom is 0.120 e. The summed E-state index contributed by atoms with van der Waals surface area (Å²) >= 11 is 0. The number of aldehydes is 1. The standard InChI is InChI=1S/C13H16O/c14-12-8-3-1-2-5-9-13-10-6-4-7-11-13/h1-2,4,6-7,10-12H,3,5,8-9H2/b2-1+. The fourth-order valence-corrected chi connectivity index (χ4v) is 1.29. The Morgan fingerprint density at radius 1 is 0.929 bits per heavy atom. The van der Waals surface area contributed by atoms with Crippen molar-refractivity contribution in [3.05, 3.63) is 48.0 Å². The van der Waals surface area contributed by atoms with E-state index in [4.69, 9.17) is 0 Å². The number of unbranched alkanes of at least 4 members (excludes halogenated alkanes) is 1. The molecule has 1 rings (SSSR count). The number of carbonyl (C=O) groups excluding carboxylic acids is 1. The minimum absolute atomic E-state index is 0.641. The summed E-state index contributed by atoms with van der Waals surface area (Å²) in [6.07, 6.45) is 8.84. The van der Waals surface area contributed by atoms with E-state index in [1.54, 1.807) is 0 Å². The summed E-state index contributed by atoms with van der Waals surface area (Å²) in [6.45, 7) is 0. The van der Waals surface area contributed by atoms with E-state index in [0.717, 1.165) is 25.5 Å². The van der Waals surface area contributed by atoms with Gasteiger partial charge >= 0.3 is 0 Å². The first-order chi connectivity index (χ1) is 6.93. The van der Waals surface area contributed by atoms with Gasteiger partial charge in [-0.25, -0.2) is 0 Å². The minimum atomic E-state index is 0.641. The molecule has 0 aliphatic rings. The summed E-state index contributed by atoms with van der Waals surface area (Å²) in [6, 6.07) is 10.4. The SMILES string of the molecule is O=CCC/C=C/CCc1ccccc1. The maximum atomic E-state index is 10.0. The van der Waals surface area contributed by atoms with Crippen molar-refractivity contribution in [2.75, 3.05) is 0 Å². The Bertz CT molecular complexity index is 275. The van der Waals surface area contributed by atoms with Gasteiger partial charge in [0.15, 0.2) is 0 Å². The zero-order valence-electron chi connectivity index (χ0n) is 8.36. The molecule has 0 fully saturated rings. The van der Waals surface area contributed by atoms with Crippen molar-refractivity contribution >= 4 is 6.29 Å². The monoisotopic (exact) mass is 188 g/mol. The van der Waals surface area contributed by atoms with Crippen LogP contribution in [0.4, 0.5) is 0 Å². The lowest BCUT2D eigenvalue weighted by Gasteiger charge is -1.95. The lowest BCUT2D eigenvalue weighted by Crippen LogP contribution is -1.81. The second-order valence-electron chi connectivity index (χ2n) is 3.24. The van der Waals surface area contributed by atoms with Gasteiger partial charge in [-0.05, 0) is 24.8 Å². The predicted octanol–water partition coefficient (Wildman–Crippen LogP) is 3.15. The zero-order valence-corrected chi connectivity index (χ0v) is 8.36. The first kappa shape index (κ1) is 10.7. The Morgan fingerprint density at radius 2 is 1.64 bits per heavy atom. The van der Waals surface area contributed by atoms with Crippen LogP contribution in [0.5, 0.6) is 0 Å². The van der Waals surface area contributed by atoms with E-state index in [1.165, 1.54) is 5.56 Å². The quantitative estimate of drug-likeness (QED) is 0.381.